The van der Waals surface area contributed by atoms with Crippen LogP contribution in [-0.4, -0.2) is 17.3 Å². The molecule has 1 unspecified atom stereocenters. The van der Waals surface area contributed by atoms with Crippen LogP contribution in [-0.2, 0) is 11.2 Å². The first kappa shape index (κ1) is 11.1. The summed E-state index contributed by atoms with van der Waals surface area (Å²) in [6.07, 6.45) is 3.12. The molecule has 1 heterocycles. The molecule has 2 rings (SSSR count). The van der Waals surface area contributed by atoms with Gasteiger partial charge in [-0.15, -0.1) is 11.3 Å². The maximum atomic E-state index is 11.5. The minimum absolute atomic E-state index is 0.127. The molecular weight excluding hydrogens is 274 g/mol. The standard InChI is InChI=1S/C11H14BrNOS/c12-10(8-3-4-8)7-13-11(14)6-9-2-1-5-15-9/h1-2,5,8,10H,3-4,6-7H2,(H,13,14). The average molecular weight is 288 g/mol. The molecule has 0 saturated heterocycles. The fraction of sp³-hybridized carbons (Fsp3) is 0.545. The topological polar surface area (TPSA) is 29.1 Å². The van der Waals surface area contributed by atoms with Crippen molar-refractivity contribution in [3.63, 3.8) is 0 Å². The normalized spacial score (nSPS) is 17.4. The van der Waals surface area contributed by atoms with Gasteiger partial charge in [-0.3, -0.25) is 4.79 Å². The van der Waals surface area contributed by atoms with Gasteiger partial charge < -0.3 is 5.32 Å². The van der Waals surface area contributed by atoms with Crippen molar-refractivity contribution in [2.75, 3.05) is 6.54 Å². The van der Waals surface area contributed by atoms with Crippen molar-refractivity contribution in [3.05, 3.63) is 22.4 Å². The van der Waals surface area contributed by atoms with Crippen LogP contribution in [0.25, 0.3) is 0 Å². The number of amides is 1. The van der Waals surface area contributed by atoms with Crippen LogP contribution < -0.4 is 5.32 Å². The summed E-state index contributed by atoms with van der Waals surface area (Å²) in [5, 5.41) is 4.96. The van der Waals surface area contributed by atoms with Crippen LogP contribution >= 0.6 is 27.3 Å². The van der Waals surface area contributed by atoms with Crippen molar-refractivity contribution in [2.45, 2.75) is 24.1 Å². The minimum atomic E-state index is 0.127. The third-order valence-electron chi connectivity index (χ3n) is 2.54. The molecule has 1 saturated carbocycles. The van der Waals surface area contributed by atoms with E-state index in [1.165, 1.54) is 12.8 Å². The molecule has 4 heteroatoms. The van der Waals surface area contributed by atoms with E-state index in [1.54, 1.807) is 11.3 Å². The second kappa shape index (κ2) is 5.12. The van der Waals surface area contributed by atoms with Crippen LogP contribution in [0.15, 0.2) is 17.5 Å². The van der Waals surface area contributed by atoms with Gasteiger partial charge in [-0.1, -0.05) is 22.0 Å². The summed E-state index contributed by atoms with van der Waals surface area (Å²) in [7, 11) is 0. The lowest BCUT2D eigenvalue weighted by atomic mass is 10.3. The van der Waals surface area contributed by atoms with E-state index < -0.39 is 0 Å². The molecule has 1 atom stereocenters. The van der Waals surface area contributed by atoms with Gasteiger partial charge in [0.05, 0.1) is 6.42 Å². The lowest BCUT2D eigenvalue weighted by Crippen LogP contribution is -2.31. The van der Waals surface area contributed by atoms with Gasteiger partial charge >= 0.3 is 0 Å². The second-order valence-electron chi connectivity index (χ2n) is 3.91. The molecule has 0 spiro atoms. The highest BCUT2D eigenvalue weighted by Gasteiger charge is 2.29. The van der Waals surface area contributed by atoms with Gasteiger partial charge in [0.15, 0.2) is 0 Å². The van der Waals surface area contributed by atoms with E-state index in [4.69, 9.17) is 0 Å². The Labute approximate surface area is 102 Å². The Morgan fingerprint density at radius 2 is 2.47 bits per heavy atom. The molecule has 0 aliphatic heterocycles. The molecule has 1 fully saturated rings. The highest BCUT2D eigenvalue weighted by Crippen LogP contribution is 2.36. The largest absolute Gasteiger partial charge is 0.355 e. The SMILES string of the molecule is O=C(Cc1cccs1)NCC(Br)C1CC1. The van der Waals surface area contributed by atoms with E-state index in [-0.39, 0.29) is 5.91 Å². The molecular formula is C11H14BrNOS. The molecule has 0 aromatic carbocycles. The van der Waals surface area contributed by atoms with Gasteiger partial charge in [0.1, 0.15) is 0 Å². The van der Waals surface area contributed by atoms with E-state index in [9.17, 15) is 4.79 Å². The highest BCUT2D eigenvalue weighted by molar-refractivity contribution is 9.09. The number of thiophene rings is 1. The monoisotopic (exact) mass is 287 g/mol. The van der Waals surface area contributed by atoms with Gasteiger partial charge in [-0.25, -0.2) is 0 Å². The zero-order valence-corrected chi connectivity index (χ0v) is 10.8. The first-order valence-electron chi connectivity index (χ1n) is 5.19. The van der Waals surface area contributed by atoms with Gasteiger partial charge in [-0.05, 0) is 30.2 Å². The zero-order valence-electron chi connectivity index (χ0n) is 8.41. The van der Waals surface area contributed by atoms with Crippen LogP contribution in [0.4, 0.5) is 0 Å². The maximum absolute atomic E-state index is 11.5. The Kier molecular flexibility index (Phi) is 3.81. The van der Waals surface area contributed by atoms with Crippen LogP contribution in [0.3, 0.4) is 0 Å². The van der Waals surface area contributed by atoms with Crippen molar-refractivity contribution in [1.29, 1.82) is 0 Å². The molecule has 15 heavy (non-hydrogen) atoms. The first-order valence-corrected chi connectivity index (χ1v) is 6.98. The van der Waals surface area contributed by atoms with Crippen molar-refractivity contribution >= 4 is 33.2 Å². The molecule has 1 amide bonds. The smallest absolute Gasteiger partial charge is 0.225 e. The third kappa shape index (κ3) is 3.61. The Morgan fingerprint density at radius 1 is 1.67 bits per heavy atom. The summed E-state index contributed by atoms with van der Waals surface area (Å²) in [6.45, 7) is 0.759. The van der Waals surface area contributed by atoms with Crippen molar-refractivity contribution in [1.82, 2.24) is 5.32 Å². The van der Waals surface area contributed by atoms with E-state index in [1.807, 2.05) is 17.5 Å². The number of halogens is 1. The summed E-state index contributed by atoms with van der Waals surface area (Å²) in [4.78, 5) is 13.1. The molecule has 1 N–H and O–H groups in total. The minimum Gasteiger partial charge on any atom is -0.355 e. The van der Waals surface area contributed by atoms with E-state index in [0.29, 0.717) is 11.2 Å². The second-order valence-corrected chi connectivity index (χ2v) is 6.12. The predicted molar refractivity (Wildman–Crippen MR) is 66.5 cm³/mol. The molecule has 0 bridgehead atoms. The molecule has 0 radical (unpaired) electrons. The Bertz CT molecular complexity index is 321. The van der Waals surface area contributed by atoms with Gasteiger partial charge in [0.25, 0.3) is 0 Å². The van der Waals surface area contributed by atoms with E-state index >= 15 is 0 Å². The van der Waals surface area contributed by atoms with Crippen LogP contribution in [0, 0.1) is 5.92 Å². The Balaban J connectivity index is 1.68. The first-order chi connectivity index (χ1) is 7.25. The summed E-state index contributed by atoms with van der Waals surface area (Å²) in [5.41, 5.74) is 0. The number of hydrogen-bond acceptors (Lipinski definition) is 2. The number of carbonyl (C=O) groups is 1. The summed E-state index contributed by atoms with van der Waals surface area (Å²) in [5.74, 6) is 0.912. The van der Waals surface area contributed by atoms with E-state index in [2.05, 4.69) is 21.2 Å². The van der Waals surface area contributed by atoms with Crippen molar-refractivity contribution < 1.29 is 4.79 Å². The predicted octanol–water partition coefficient (Wildman–Crippen LogP) is 2.58. The summed E-state index contributed by atoms with van der Waals surface area (Å²) >= 11 is 5.23. The van der Waals surface area contributed by atoms with Crippen LogP contribution in [0.5, 0.6) is 0 Å². The fourth-order valence-corrected chi connectivity index (χ4v) is 2.86. The highest BCUT2D eigenvalue weighted by atomic mass is 79.9. The number of rotatable bonds is 5. The number of hydrogen-bond donors (Lipinski definition) is 1. The maximum Gasteiger partial charge on any atom is 0.225 e. The Morgan fingerprint density at radius 3 is 3.07 bits per heavy atom. The molecule has 1 aromatic rings. The van der Waals surface area contributed by atoms with E-state index in [0.717, 1.165) is 17.3 Å². The molecule has 1 aromatic heterocycles. The lowest BCUT2D eigenvalue weighted by Gasteiger charge is -2.09. The number of carbonyl (C=O) groups excluding carboxylic acids is 1. The molecule has 82 valence electrons. The fourth-order valence-electron chi connectivity index (χ4n) is 1.47. The quantitative estimate of drug-likeness (QED) is 0.829. The number of nitrogens with one attached hydrogen (secondary N) is 1. The Hall–Kier alpha value is -0.350. The summed E-state index contributed by atoms with van der Waals surface area (Å²) < 4.78 is 0. The van der Waals surface area contributed by atoms with Crippen molar-refractivity contribution in [3.8, 4) is 0 Å². The van der Waals surface area contributed by atoms with Crippen LogP contribution in [0.2, 0.25) is 0 Å². The zero-order chi connectivity index (χ0) is 10.7. The molecule has 1 aliphatic carbocycles. The van der Waals surface area contributed by atoms with Gasteiger partial charge in [0, 0.05) is 16.2 Å². The number of alkyl halides is 1. The van der Waals surface area contributed by atoms with Gasteiger partial charge in [-0.2, -0.15) is 0 Å². The van der Waals surface area contributed by atoms with Crippen molar-refractivity contribution in [2.24, 2.45) is 5.92 Å². The lowest BCUT2D eigenvalue weighted by molar-refractivity contribution is -0.120. The third-order valence-corrected chi connectivity index (χ3v) is 4.49. The average Bonchev–Trinajstić information content (AvgIpc) is 2.95. The van der Waals surface area contributed by atoms with Gasteiger partial charge in [0.2, 0.25) is 5.91 Å². The molecule has 1 aliphatic rings. The molecule has 2 nitrogen and oxygen atoms in total. The summed E-state index contributed by atoms with van der Waals surface area (Å²) in [6, 6.07) is 3.97. The van der Waals surface area contributed by atoms with Crippen LogP contribution in [0.1, 0.15) is 17.7 Å².